The number of hydrogen-bond donors (Lipinski definition) is 1. The van der Waals surface area contributed by atoms with Crippen LogP contribution in [0.4, 0.5) is 5.95 Å². The van der Waals surface area contributed by atoms with Gasteiger partial charge in [0.15, 0.2) is 0 Å². The third-order valence-electron chi connectivity index (χ3n) is 3.85. The Morgan fingerprint density at radius 1 is 1.12 bits per heavy atom. The molecule has 0 fully saturated rings. The van der Waals surface area contributed by atoms with E-state index in [1.54, 1.807) is 17.3 Å². The van der Waals surface area contributed by atoms with Crippen LogP contribution in [0.5, 0.6) is 0 Å². The smallest absolute Gasteiger partial charge is 0.257 e. The van der Waals surface area contributed by atoms with E-state index < -0.39 is 0 Å². The number of aromatic nitrogens is 2. The molecule has 0 aliphatic carbocycles. The van der Waals surface area contributed by atoms with Gasteiger partial charge in [-0.3, -0.25) is 4.79 Å². The molecule has 1 aromatic carbocycles. The SMILES string of the molecule is CCN(Cc1ccccc1)C(=O)c1cnc(NCCCN(C)C)nc1. The quantitative estimate of drug-likeness (QED) is 0.710. The van der Waals surface area contributed by atoms with Crippen LogP contribution in [0.15, 0.2) is 42.7 Å². The molecule has 1 aromatic heterocycles. The summed E-state index contributed by atoms with van der Waals surface area (Å²) in [6.07, 6.45) is 4.20. The Morgan fingerprint density at radius 2 is 1.80 bits per heavy atom. The molecule has 0 saturated carbocycles. The molecule has 6 heteroatoms. The van der Waals surface area contributed by atoms with Crippen LogP contribution in [0.1, 0.15) is 29.3 Å². The molecule has 0 saturated heterocycles. The van der Waals surface area contributed by atoms with Gasteiger partial charge in [0.05, 0.1) is 5.56 Å². The summed E-state index contributed by atoms with van der Waals surface area (Å²) in [6, 6.07) is 9.97. The maximum atomic E-state index is 12.6. The molecule has 0 unspecified atom stereocenters. The van der Waals surface area contributed by atoms with Crippen molar-refractivity contribution >= 4 is 11.9 Å². The minimum absolute atomic E-state index is 0.0505. The molecule has 6 nitrogen and oxygen atoms in total. The molecule has 1 N–H and O–H groups in total. The minimum Gasteiger partial charge on any atom is -0.354 e. The molecular weight excluding hydrogens is 314 g/mol. The Labute approximate surface area is 149 Å². The highest BCUT2D eigenvalue weighted by atomic mass is 16.2. The zero-order valence-corrected chi connectivity index (χ0v) is 15.3. The van der Waals surface area contributed by atoms with Crippen molar-refractivity contribution in [1.82, 2.24) is 19.8 Å². The number of carbonyl (C=O) groups is 1. The second-order valence-electron chi connectivity index (χ2n) is 6.18. The van der Waals surface area contributed by atoms with Crippen LogP contribution in [0.3, 0.4) is 0 Å². The van der Waals surface area contributed by atoms with Gasteiger partial charge in [-0.15, -0.1) is 0 Å². The van der Waals surface area contributed by atoms with Crippen molar-refractivity contribution in [2.24, 2.45) is 0 Å². The van der Waals surface area contributed by atoms with Crippen molar-refractivity contribution in [1.29, 1.82) is 0 Å². The summed E-state index contributed by atoms with van der Waals surface area (Å²) in [5, 5.41) is 3.18. The fourth-order valence-corrected chi connectivity index (χ4v) is 2.44. The highest BCUT2D eigenvalue weighted by Gasteiger charge is 2.15. The van der Waals surface area contributed by atoms with Crippen LogP contribution in [0.25, 0.3) is 0 Å². The Bertz CT molecular complexity index is 643. The van der Waals surface area contributed by atoms with Crippen molar-refractivity contribution in [2.45, 2.75) is 19.9 Å². The fraction of sp³-hybridized carbons (Fsp3) is 0.421. The first-order valence-corrected chi connectivity index (χ1v) is 8.64. The molecule has 1 amide bonds. The highest BCUT2D eigenvalue weighted by molar-refractivity contribution is 5.93. The second kappa shape index (κ2) is 9.74. The van der Waals surface area contributed by atoms with Crippen molar-refractivity contribution in [3.63, 3.8) is 0 Å². The lowest BCUT2D eigenvalue weighted by molar-refractivity contribution is 0.0751. The number of hydrogen-bond acceptors (Lipinski definition) is 5. The normalized spacial score (nSPS) is 10.7. The lowest BCUT2D eigenvalue weighted by Crippen LogP contribution is -2.30. The van der Waals surface area contributed by atoms with Gasteiger partial charge in [-0.2, -0.15) is 0 Å². The van der Waals surface area contributed by atoms with Gasteiger partial charge >= 0.3 is 0 Å². The molecule has 0 radical (unpaired) electrons. The molecule has 134 valence electrons. The van der Waals surface area contributed by atoms with E-state index in [1.165, 1.54) is 0 Å². The Balaban J connectivity index is 1.91. The lowest BCUT2D eigenvalue weighted by atomic mass is 10.2. The maximum Gasteiger partial charge on any atom is 0.257 e. The summed E-state index contributed by atoms with van der Waals surface area (Å²) in [5.74, 6) is 0.506. The summed E-state index contributed by atoms with van der Waals surface area (Å²) < 4.78 is 0. The van der Waals surface area contributed by atoms with Crippen LogP contribution < -0.4 is 5.32 Å². The minimum atomic E-state index is -0.0505. The Morgan fingerprint density at radius 3 is 2.40 bits per heavy atom. The number of nitrogens with one attached hydrogen (secondary N) is 1. The molecule has 25 heavy (non-hydrogen) atoms. The summed E-state index contributed by atoms with van der Waals surface area (Å²) in [7, 11) is 4.09. The average molecular weight is 341 g/mol. The molecule has 1 heterocycles. The number of benzene rings is 1. The predicted molar refractivity (Wildman–Crippen MR) is 101 cm³/mol. The van der Waals surface area contributed by atoms with E-state index in [9.17, 15) is 4.79 Å². The van der Waals surface area contributed by atoms with Crippen molar-refractivity contribution in [3.05, 3.63) is 53.9 Å². The van der Waals surface area contributed by atoms with E-state index in [2.05, 4.69) is 20.2 Å². The summed E-state index contributed by atoms with van der Waals surface area (Å²) >= 11 is 0. The second-order valence-corrected chi connectivity index (χ2v) is 6.18. The maximum absolute atomic E-state index is 12.6. The van der Waals surface area contributed by atoms with E-state index >= 15 is 0 Å². The van der Waals surface area contributed by atoms with Gasteiger partial charge in [0.1, 0.15) is 0 Å². The van der Waals surface area contributed by atoms with E-state index in [1.807, 2.05) is 51.4 Å². The predicted octanol–water partition coefficient (Wildman–Crippen LogP) is 2.50. The van der Waals surface area contributed by atoms with Crippen LogP contribution in [-0.4, -0.2) is 59.4 Å². The summed E-state index contributed by atoms with van der Waals surface area (Å²) in [4.78, 5) is 25.1. The van der Waals surface area contributed by atoms with Gasteiger partial charge in [-0.05, 0) is 39.5 Å². The van der Waals surface area contributed by atoms with Gasteiger partial charge in [0.25, 0.3) is 5.91 Å². The molecule has 0 bridgehead atoms. The monoisotopic (exact) mass is 341 g/mol. The highest BCUT2D eigenvalue weighted by Crippen LogP contribution is 2.10. The molecular formula is C19H27N5O. The Hall–Kier alpha value is -2.47. The van der Waals surface area contributed by atoms with E-state index in [-0.39, 0.29) is 5.91 Å². The van der Waals surface area contributed by atoms with E-state index in [0.717, 1.165) is 25.1 Å². The van der Waals surface area contributed by atoms with E-state index in [0.29, 0.717) is 24.6 Å². The number of anilines is 1. The molecule has 0 aliphatic heterocycles. The average Bonchev–Trinajstić information content (AvgIpc) is 2.64. The fourth-order valence-electron chi connectivity index (χ4n) is 2.44. The van der Waals surface area contributed by atoms with Crippen molar-refractivity contribution in [3.8, 4) is 0 Å². The van der Waals surface area contributed by atoms with Crippen LogP contribution in [0.2, 0.25) is 0 Å². The van der Waals surface area contributed by atoms with Gasteiger partial charge in [0.2, 0.25) is 5.95 Å². The molecule has 2 rings (SSSR count). The number of carbonyl (C=O) groups excluding carboxylic acids is 1. The van der Waals surface area contributed by atoms with E-state index in [4.69, 9.17) is 0 Å². The molecule has 0 aliphatic rings. The van der Waals surface area contributed by atoms with Crippen LogP contribution in [-0.2, 0) is 6.54 Å². The molecule has 0 spiro atoms. The van der Waals surface area contributed by atoms with Crippen molar-refractivity contribution < 1.29 is 4.79 Å². The van der Waals surface area contributed by atoms with Gasteiger partial charge in [-0.1, -0.05) is 30.3 Å². The summed E-state index contributed by atoms with van der Waals surface area (Å²) in [6.45, 7) is 5.01. The lowest BCUT2D eigenvalue weighted by Gasteiger charge is -2.20. The van der Waals surface area contributed by atoms with Crippen LogP contribution >= 0.6 is 0 Å². The first-order chi connectivity index (χ1) is 12.1. The number of nitrogens with zero attached hydrogens (tertiary/aromatic N) is 4. The zero-order chi connectivity index (χ0) is 18.1. The molecule has 0 atom stereocenters. The molecule has 2 aromatic rings. The van der Waals surface area contributed by atoms with Gasteiger partial charge < -0.3 is 15.1 Å². The first kappa shape index (κ1) is 18.9. The first-order valence-electron chi connectivity index (χ1n) is 8.64. The van der Waals surface area contributed by atoms with Crippen LogP contribution in [0, 0.1) is 0 Å². The summed E-state index contributed by atoms with van der Waals surface area (Å²) in [5.41, 5.74) is 1.62. The number of amides is 1. The third-order valence-corrected chi connectivity index (χ3v) is 3.85. The zero-order valence-electron chi connectivity index (χ0n) is 15.3. The standard InChI is InChI=1S/C19H27N5O/c1-4-24(15-16-9-6-5-7-10-16)18(25)17-13-21-19(22-14-17)20-11-8-12-23(2)3/h5-7,9-10,13-14H,4,8,11-12,15H2,1-3H3,(H,20,21,22). The Kier molecular flexibility index (Phi) is 7.35. The largest absolute Gasteiger partial charge is 0.354 e. The third kappa shape index (κ3) is 6.15. The van der Waals surface area contributed by atoms with Crippen molar-refractivity contribution in [2.75, 3.05) is 39.0 Å². The number of rotatable bonds is 9. The van der Waals surface area contributed by atoms with Gasteiger partial charge in [-0.25, -0.2) is 9.97 Å². The van der Waals surface area contributed by atoms with Gasteiger partial charge in [0, 0.05) is 32.0 Å². The topological polar surface area (TPSA) is 61.4 Å².